The van der Waals surface area contributed by atoms with Gasteiger partial charge in [0.1, 0.15) is 5.76 Å². The molecule has 2 aromatic carbocycles. The summed E-state index contributed by atoms with van der Waals surface area (Å²) in [5.41, 5.74) is 0.950. The zero-order valence-corrected chi connectivity index (χ0v) is 20.1. The van der Waals surface area contributed by atoms with Crippen LogP contribution in [-0.2, 0) is 11.3 Å². The van der Waals surface area contributed by atoms with Gasteiger partial charge in [0.25, 0.3) is 0 Å². The third-order valence-corrected chi connectivity index (χ3v) is 7.80. The van der Waals surface area contributed by atoms with E-state index in [0.29, 0.717) is 18.1 Å². The quantitative estimate of drug-likeness (QED) is 0.182. The lowest BCUT2D eigenvalue weighted by molar-refractivity contribution is -0.118. The Hall–Kier alpha value is -1.93. The van der Waals surface area contributed by atoms with Crippen molar-refractivity contribution in [1.29, 1.82) is 0 Å². The van der Waals surface area contributed by atoms with Crippen LogP contribution in [0.25, 0.3) is 10.2 Å². The monoisotopic (exact) mass is 488 g/mol. The van der Waals surface area contributed by atoms with E-state index in [1.54, 1.807) is 46.0 Å². The molecule has 2 heterocycles. The van der Waals surface area contributed by atoms with E-state index in [-0.39, 0.29) is 5.91 Å². The Labute approximate surface area is 199 Å². The molecule has 4 rings (SSSR count). The number of fused-ring (bicyclic) bond motifs is 1. The van der Waals surface area contributed by atoms with Gasteiger partial charge in [-0.25, -0.2) is 4.98 Å². The predicted octanol–water partition coefficient (Wildman–Crippen LogP) is 7.37. The molecule has 0 aliphatic rings. The van der Waals surface area contributed by atoms with Crippen molar-refractivity contribution in [2.75, 3.05) is 16.9 Å². The molecule has 0 saturated carbocycles. The van der Waals surface area contributed by atoms with Crippen molar-refractivity contribution in [2.24, 2.45) is 0 Å². The van der Waals surface area contributed by atoms with Crippen LogP contribution in [0.3, 0.4) is 0 Å². The van der Waals surface area contributed by atoms with Crippen LogP contribution in [0.5, 0.6) is 0 Å². The second-order valence-corrected chi connectivity index (χ2v) is 10.2. The van der Waals surface area contributed by atoms with Gasteiger partial charge >= 0.3 is 0 Å². The molecule has 0 aliphatic carbocycles. The highest BCUT2D eigenvalue weighted by molar-refractivity contribution is 7.99. The second-order valence-electron chi connectivity index (χ2n) is 6.77. The number of halogens is 1. The van der Waals surface area contributed by atoms with E-state index < -0.39 is 0 Å². The Balaban J connectivity index is 1.47. The summed E-state index contributed by atoms with van der Waals surface area (Å²) in [7, 11) is 0. The molecule has 4 aromatic rings. The number of hydrogen-bond donors (Lipinski definition) is 0. The van der Waals surface area contributed by atoms with E-state index in [0.717, 1.165) is 43.0 Å². The maximum atomic E-state index is 13.2. The van der Waals surface area contributed by atoms with Crippen LogP contribution in [0.1, 0.15) is 18.6 Å². The van der Waals surface area contributed by atoms with Crippen LogP contribution in [0.4, 0.5) is 5.13 Å². The molecule has 0 unspecified atom stereocenters. The fraction of sp³-hybridized carbons (Fsp3) is 0.217. The van der Waals surface area contributed by atoms with Crippen LogP contribution >= 0.6 is 46.5 Å². The van der Waals surface area contributed by atoms with Crippen LogP contribution in [-0.4, -0.2) is 22.9 Å². The molecule has 0 bridgehead atoms. The van der Waals surface area contributed by atoms with Crippen LogP contribution in [0.2, 0.25) is 5.02 Å². The second kappa shape index (κ2) is 10.6. The Morgan fingerprint density at radius 1 is 1.16 bits per heavy atom. The van der Waals surface area contributed by atoms with E-state index in [1.165, 1.54) is 0 Å². The maximum absolute atomic E-state index is 13.2. The van der Waals surface area contributed by atoms with Crippen molar-refractivity contribution in [3.8, 4) is 0 Å². The van der Waals surface area contributed by atoms with Crippen LogP contribution < -0.4 is 4.90 Å². The number of para-hydroxylation sites is 1. The third kappa shape index (κ3) is 5.66. The van der Waals surface area contributed by atoms with E-state index >= 15 is 0 Å². The number of thiazole rings is 1. The summed E-state index contributed by atoms with van der Waals surface area (Å²) in [4.78, 5) is 22.0. The predicted molar refractivity (Wildman–Crippen MR) is 133 cm³/mol. The van der Waals surface area contributed by atoms with Crippen molar-refractivity contribution in [2.45, 2.75) is 29.2 Å². The standard InChI is InChI=1S/C23H21ClN2O2S3/c1-29-19-6-2-7-20-22(19)25-23(31-20)26(15-17-5-3-13-28-17)21(27)8-4-14-30-18-11-9-16(24)10-12-18/h2-3,5-7,9-13H,4,8,14-15H2,1H3. The summed E-state index contributed by atoms with van der Waals surface area (Å²) in [6, 6.07) is 17.6. The lowest BCUT2D eigenvalue weighted by Gasteiger charge is -2.18. The summed E-state index contributed by atoms with van der Waals surface area (Å²) in [6.45, 7) is 0.380. The van der Waals surface area contributed by atoms with Crippen molar-refractivity contribution in [3.05, 3.63) is 71.6 Å². The number of amides is 1. The summed E-state index contributed by atoms with van der Waals surface area (Å²) in [5, 5.41) is 1.44. The number of furan rings is 1. The number of hydrogen-bond acceptors (Lipinski definition) is 6. The fourth-order valence-electron chi connectivity index (χ4n) is 3.09. The lowest BCUT2D eigenvalue weighted by atomic mass is 10.3. The number of nitrogens with zero attached hydrogens (tertiary/aromatic N) is 2. The third-order valence-electron chi connectivity index (χ3n) is 4.63. The molecule has 0 aliphatic heterocycles. The van der Waals surface area contributed by atoms with Crippen LogP contribution in [0, 0.1) is 0 Å². The number of anilines is 1. The number of carbonyl (C=O) groups excluding carboxylic acids is 1. The first kappa shape index (κ1) is 22.3. The maximum Gasteiger partial charge on any atom is 0.229 e. The smallest absolute Gasteiger partial charge is 0.229 e. The number of rotatable bonds is 9. The molecule has 0 fully saturated rings. The van der Waals surface area contributed by atoms with Gasteiger partial charge in [-0.05, 0) is 67.0 Å². The summed E-state index contributed by atoms with van der Waals surface area (Å²) < 4.78 is 6.59. The van der Waals surface area contributed by atoms with Gasteiger partial charge in [-0.15, -0.1) is 23.5 Å². The molecule has 0 atom stereocenters. The Bertz CT molecular complexity index is 1140. The van der Waals surface area contributed by atoms with Gasteiger partial charge in [0.05, 0.1) is 23.0 Å². The normalized spacial score (nSPS) is 11.2. The van der Waals surface area contributed by atoms with E-state index in [1.807, 2.05) is 48.7 Å². The number of aromatic nitrogens is 1. The van der Waals surface area contributed by atoms with Gasteiger partial charge in [-0.2, -0.15) is 0 Å². The topological polar surface area (TPSA) is 46.3 Å². The van der Waals surface area contributed by atoms with Crippen molar-refractivity contribution in [1.82, 2.24) is 4.98 Å². The van der Waals surface area contributed by atoms with E-state index in [9.17, 15) is 4.79 Å². The van der Waals surface area contributed by atoms with Crippen molar-refractivity contribution in [3.63, 3.8) is 0 Å². The SMILES string of the molecule is CSc1cccc2sc(N(Cc3ccco3)C(=O)CCCSc3ccc(Cl)cc3)nc12. The van der Waals surface area contributed by atoms with Gasteiger partial charge < -0.3 is 4.42 Å². The summed E-state index contributed by atoms with van der Waals surface area (Å²) in [6.07, 6.45) is 4.90. The largest absolute Gasteiger partial charge is 0.467 e. The molecule has 2 aromatic heterocycles. The van der Waals surface area contributed by atoms with Crippen LogP contribution in [0.15, 0.2) is 75.1 Å². The first-order valence-electron chi connectivity index (χ1n) is 9.78. The highest BCUT2D eigenvalue weighted by atomic mass is 35.5. The Morgan fingerprint density at radius 3 is 2.74 bits per heavy atom. The van der Waals surface area contributed by atoms with E-state index in [2.05, 4.69) is 12.1 Å². The first-order chi connectivity index (χ1) is 15.1. The molecule has 0 spiro atoms. The van der Waals surface area contributed by atoms with E-state index in [4.69, 9.17) is 21.0 Å². The minimum atomic E-state index is 0.0536. The molecule has 0 radical (unpaired) electrons. The Kier molecular flexibility index (Phi) is 7.61. The molecule has 4 nitrogen and oxygen atoms in total. The Morgan fingerprint density at radius 2 is 2.00 bits per heavy atom. The number of benzene rings is 2. The average molecular weight is 489 g/mol. The van der Waals surface area contributed by atoms with Crippen molar-refractivity contribution < 1.29 is 9.21 Å². The minimum Gasteiger partial charge on any atom is -0.467 e. The lowest BCUT2D eigenvalue weighted by Crippen LogP contribution is -2.30. The van der Waals surface area contributed by atoms with Gasteiger partial charge in [-0.3, -0.25) is 9.69 Å². The number of carbonyl (C=O) groups is 1. The first-order valence-corrected chi connectivity index (χ1v) is 13.2. The molecule has 0 N–H and O–H groups in total. The number of thioether (sulfide) groups is 2. The molecule has 160 valence electrons. The van der Waals surface area contributed by atoms with Crippen molar-refractivity contribution >= 4 is 67.7 Å². The molecule has 0 saturated heterocycles. The molecule has 1 amide bonds. The molecule has 31 heavy (non-hydrogen) atoms. The molecule has 8 heteroatoms. The van der Waals surface area contributed by atoms with Gasteiger partial charge in [-0.1, -0.05) is 29.0 Å². The minimum absolute atomic E-state index is 0.0536. The zero-order chi connectivity index (χ0) is 21.6. The molecular formula is C23H21ClN2O2S3. The average Bonchev–Trinajstić information content (AvgIpc) is 3.45. The van der Waals surface area contributed by atoms with Gasteiger partial charge in [0.15, 0.2) is 5.13 Å². The summed E-state index contributed by atoms with van der Waals surface area (Å²) in [5.74, 6) is 1.66. The molecular weight excluding hydrogens is 468 g/mol. The highest BCUT2D eigenvalue weighted by Gasteiger charge is 2.21. The van der Waals surface area contributed by atoms with Gasteiger partial charge in [0, 0.05) is 21.2 Å². The zero-order valence-electron chi connectivity index (χ0n) is 16.9. The fourth-order valence-corrected chi connectivity index (χ4v) is 5.71. The highest BCUT2D eigenvalue weighted by Crippen LogP contribution is 2.35. The van der Waals surface area contributed by atoms with Gasteiger partial charge in [0.2, 0.25) is 5.91 Å². The summed E-state index contributed by atoms with van der Waals surface area (Å²) >= 11 is 10.9.